The van der Waals surface area contributed by atoms with Crippen LogP contribution in [0.25, 0.3) is 0 Å². The Kier molecular flexibility index (Phi) is 2.96. The number of benzene rings is 1. The van der Waals surface area contributed by atoms with E-state index in [0.29, 0.717) is 5.56 Å². The molecule has 1 N–H and O–H groups in total. The van der Waals surface area contributed by atoms with Crippen LogP contribution in [0.2, 0.25) is 0 Å². The number of hydrogen-bond donors (Lipinski definition) is 1. The van der Waals surface area contributed by atoms with Gasteiger partial charge in [-0.1, -0.05) is 0 Å². The van der Waals surface area contributed by atoms with E-state index in [1.165, 1.54) is 17.4 Å². The summed E-state index contributed by atoms with van der Waals surface area (Å²) in [5, 5.41) is 5.76. The molecule has 2 aromatic rings. The van der Waals surface area contributed by atoms with Gasteiger partial charge in [0.15, 0.2) is 0 Å². The summed E-state index contributed by atoms with van der Waals surface area (Å²) in [6.07, 6.45) is 0. The van der Waals surface area contributed by atoms with Crippen LogP contribution in [0.15, 0.2) is 35.0 Å². The van der Waals surface area contributed by atoms with Crippen molar-refractivity contribution in [1.29, 1.82) is 0 Å². The average Bonchev–Trinajstić information content (AvgIpc) is 2.75. The predicted molar refractivity (Wildman–Crippen MR) is 58.6 cm³/mol. The molecule has 0 unspecified atom stereocenters. The third-order valence-corrected chi connectivity index (χ3v) is 2.65. The van der Waals surface area contributed by atoms with Crippen molar-refractivity contribution in [2.75, 3.05) is 5.32 Å². The molecule has 2 rings (SSSR count). The Morgan fingerprint density at radius 3 is 2.69 bits per heavy atom. The van der Waals surface area contributed by atoms with Crippen LogP contribution >= 0.6 is 11.3 Å². The van der Waals surface area contributed by atoms with Gasteiger partial charge in [0, 0.05) is 11.4 Å². The Hall–Kier alpha value is -1.75. The molecule has 0 atom stereocenters. The largest absolute Gasteiger partial charge is 0.319 e. The lowest BCUT2D eigenvalue weighted by molar-refractivity contribution is 0.102. The van der Waals surface area contributed by atoms with Crippen molar-refractivity contribution in [1.82, 2.24) is 0 Å². The van der Waals surface area contributed by atoms with E-state index in [2.05, 4.69) is 5.32 Å². The molecule has 1 heterocycles. The highest BCUT2D eigenvalue weighted by Crippen LogP contribution is 2.16. The molecule has 0 aliphatic carbocycles. The maximum Gasteiger partial charge on any atom is 0.256 e. The SMILES string of the molecule is O=C(Nc1ccc(F)cc1F)c1ccsc1. The summed E-state index contributed by atoms with van der Waals surface area (Å²) in [6, 6.07) is 4.63. The molecule has 5 heteroatoms. The Morgan fingerprint density at radius 2 is 2.06 bits per heavy atom. The highest BCUT2D eigenvalue weighted by Gasteiger charge is 2.09. The normalized spacial score (nSPS) is 10.1. The summed E-state index contributed by atoms with van der Waals surface area (Å²) in [4.78, 5) is 11.5. The molecule has 0 spiro atoms. The van der Waals surface area contributed by atoms with E-state index in [0.717, 1.165) is 12.1 Å². The van der Waals surface area contributed by atoms with Gasteiger partial charge in [0.1, 0.15) is 11.6 Å². The van der Waals surface area contributed by atoms with Gasteiger partial charge < -0.3 is 5.32 Å². The molecule has 2 nitrogen and oxygen atoms in total. The number of amides is 1. The number of anilines is 1. The van der Waals surface area contributed by atoms with Gasteiger partial charge >= 0.3 is 0 Å². The molecule has 1 aromatic heterocycles. The maximum atomic E-state index is 13.2. The number of hydrogen-bond acceptors (Lipinski definition) is 2. The van der Waals surface area contributed by atoms with Crippen molar-refractivity contribution in [3.63, 3.8) is 0 Å². The first-order valence-corrected chi connectivity index (χ1v) is 5.40. The predicted octanol–water partition coefficient (Wildman–Crippen LogP) is 3.28. The first-order valence-electron chi connectivity index (χ1n) is 4.45. The zero-order chi connectivity index (χ0) is 11.5. The smallest absolute Gasteiger partial charge is 0.256 e. The lowest BCUT2D eigenvalue weighted by Crippen LogP contribution is -2.12. The summed E-state index contributed by atoms with van der Waals surface area (Å²) in [5.41, 5.74) is 0.423. The fourth-order valence-corrected chi connectivity index (χ4v) is 1.81. The zero-order valence-corrected chi connectivity index (χ0v) is 8.85. The number of nitrogens with one attached hydrogen (secondary N) is 1. The molecule has 0 bridgehead atoms. The second-order valence-electron chi connectivity index (χ2n) is 3.09. The Bertz CT molecular complexity index is 511. The van der Waals surface area contributed by atoms with Gasteiger partial charge in [-0.3, -0.25) is 4.79 Å². The van der Waals surface area contributed by atoms with Crippen LogP contribution in [0.3, 0.4) is 0 Å². The molecular formula is C11H7F2NOS. The molecule has 1 amide bonds. The van der Waals surface area contributed by atoms with Crippen molar-refractivity contribution >= 4 is 22.9 Å². The summed E-state index contributed by atoms with van der Waals surface area (Å²) in [7, 11) is 0. The van der Waals surface area contributed by atoms with E-state index in [9.17, 15) is 13.6 Å². The third-order valence-electron chi connectivity index (χ3n) is 1.96. The van der Waals surface area contributed by atoms with Crippen LogP contribution < -0.4 is 5.32 Å². The lowest BCUT2D eigenvalue weighted by Gasteiger charge is -2.04. The zero-order valence-electron chi connectivity index (χ0n) is 8.04. The molecule has 0 aliphatic heterocycles. The summed E-state index contributed by atoms with van der Waals surface area (Å²) < 4.78 is 25.8. The molecule has 0 fully saturated rings. The average molecular weight is 239 g/mol. The highest BCUT2D eigenvalue weighted by atomic mass is 32.1. The summed E-state index contributed by atoms with van der Waals surface area (Å²) in [5.74, 6) is -1.87. The molecule has 0 saturated heterocycles. The fraction of sp³-hybridized carbons (Fsp3) is 0. The summed E-state index contributed by atoms with van der Waals surface area (Å²) >= 11 is 1.37. The van der Waals surface area contributed by atoms with E-state index >= 15 is 0 Å². The van der Waals surface area contributed by atoms with E-state index in [4.69, 9.17) is 0 Å². The molecule has 82 valence electrons. The second kappa shape index (κ2) is 4.40. The van der Waals surface area contributed by atoms with Crippen LogP contribution in [0.4, 0.5) is 14.5 Å². The quantitative estimate of drug-likeness (QED) is 0.856. The molecule has 16 heavy (non-hydrogen) atoms. The van der Waals surface area contributed by atoms with Gasteiger partial charge in [-0.25, -0.2) is 8.78 Å². The van der Waals surface area contributed by atoms with Crippen LogP contribution in [0.5, 0.6) is 0 Å². The minimum atomic E-state index is -0.788. The number of thiophene rings is 1. The summed E-state index contributed by atoms with van der Waals surface area (Å²) in [6.45, 7) is 0. The lowest BCUT2D eigenvalue weighted by atomic mass is 10.2. The fourth-order valence-electron chi connectivity index (χ4n) is 1.18. The second-order valence-corrected chi connectivity index (χ2v) is 3.87. The molecule has 0 saturated carbocycles. The number of carbonyl (C=O) groups excluding carboxylic acids is 1. The minimum Gasteiger partial charge on any atom is -0.319 e. The Labute approximate surface area is 94.5 Å². The number of carbonyl (C=O) groups is 1. The Morgan fingerprint density at radius 1 is 1.25 bits per heavy atom. The van der Waals surface area contributed by atoms with E-state index in [-0.39, 0.29) is 5.69 Å². The Balaban J connectivity index is 2.18. The van der Waals surface area contributed by atoms with Crippen molar-refractivity contribution in [2.24, 2.45) is 0 Å². The van der Waals surface area contributed by atoms with Crippen LogP contribution in [-0.4, -0.2) is 5.91 Å². The van der Waals surface area contributed by atoms with Gasteiger partial charge in [-0.2, -0.15) is 11.3 Å². The molecular weight excluding hydrogens is 232 g/mol. The third kappa shape index (κ3) is 2.25. The number of halogens is 2. The standard InChI is InChI=1S/C11H7F2NOS/c12-8-1-2-10(9(13)5-8)14-11(15)7-3-4-16-6-7/h1-6H,(H,14,15). The van der Waals surface area contributed by atoms with Crippen molar-refractivity contribution < 1.29 is 13.6 Å². The molecule has 1 aromatic carbocycles. The maximum absolute atomic E-state index is 13.2. The van der Waals surface area contributed by atoms with Crippen LogP contribution in [0.1, 0.15) is 10.4 Å². The van der Waals surface area contributed by atoms with E-state index < -0.39 is 17.5 Å². The minimum absolute atomic E-state index is 0.0300. The topological polar surface area (TPSA) is 29.1 Å². The monoisotopic (exact) mass is 239 g/mol. The van der Waals surface area contributed by atoms with Gasteiger partial charge in [0.2, 0.25) is 0 Å². The van der Waals surface area contributed by atoms with Gasteiger partial charge in [-0.15, -0.1) is 0 Å². The van der Waals surface area contributed by atoms with Crippen molar-refractivity contribution in [3.8, 4) is 0 Å². The van der Waals surface area contributed by atoms with Crippen LogP contribution in [0, 0.1) is 11.6 Å². The van der Waals surface area contributed by atoms with Gasteiger partial charge in [0.05, 0.1) is 11.3 Å². The highest BCUT2D eigenvalue weighted by molar-refractivity contribution is 7.08. The van der Waals surface area contributed by atoms with Crippen molar-refractivity contribution in [2.45, 2.75) is 0 Å². The van der Waals surface area contributed by atoms with Crippen LogP contribution in [-0.2, 0) is 0 Å². The number of rotatable bonds is 2. The molecule has 0 radical (unpaired) electrons. The van der Waals surface area contributed by atoms with Gasteiger partial charge in [0.25, 0.3) is 5.91 Å². The van der Waals surface area contributed by atoms with E-state index in [1.54, 1.807) is 16.8 Å². The first-order chi connectivity index (χ1) is 7.66. The van der Waals surface area contributed by atoms with Crippen molar-refractivity contribution in [3.05, 3.63) is 52.2 Å². The van der Waals surface area contributed by atoms with E-state index in [1.807, 2.05) is 0 Å². The van der Waals surface area contributed by atoms with Gasteiger partial charge in [-0.05, 0) is 23.6 Å². The molecule has 0 aliphatic rings. The first kappa shape index (κ1) is 10.8.